The third-order valence-electron chi connectivity index (χ3n) is 1.13. The second-order valence-electron chi connectivity index (χ2n) is 1.86. The Labute approximate surface area is 95.4 Å². The summed E-state index contributed by atoms with van der Waals surface area (Å²) in [5.41, 5.74) is 0. The van der Waals surface area contributed by atoms with Crippen LogP contribution in [-0.2, 0) is 28.3 Å². The summed E-state index contributed by atoms with van der Waals surface area (Å²) < 4.78 is 30.9. The molecule has 5 nitrogen and oxygen atoms in total. The van der Waals surface area contributed by atoms with Crippen LogP contribution < -0.4 is 0 Å². The van der Waals surface area contributed by atoms with Crippen molar-refractivity contribution < 1.29 is 22.4 Å². The molecule has 1 N–H and O–H groups in total. The first-order valence-electron chi connectivity index (χ1n) is 3.57. The molecule has 2 radical (unpaired) electrons. The quantitative estimate of drug-likeness (QED) is 0.477. The van der Waals surface area contributed by atoms with Gasteiger partial charge < -0.3 is 22.4 Å². The number of aliphatic hydroxyl groups excluding tert-OH is 1. The Bertz CT molecular complexity index is 153. The van der Waals surface area contributed by atoms with Gasteiger partial charge in [0.15, 0.2) is 0 Å². The summed E-state index contributed by atoms with van der Waals surface area (Å²) in [6.45, 7) is -0.0967. The first-order chi connectivity index (χ1) is 6.20. The van der Waals surface area contributed by atoms with Gasteiger partial charge in [0.05, 0.1) is 23.7 Å². The van der Waals surface area contributed by atoms with Crippen LogP contribution in [0, 0.1) is 0 Å². The molecule has 0 heterocycles. The summed E-state index contributed by atoms with van der Waals surface area (Å²) in [4.78, 5) is 0. The van der Waals surface area contributed by atoms with Gasteiger partial charge in [-0.15, -0.1) is 0 Å². The van der Waals surface area contributed by atoms with Crippen molar-refractivity contribution >= 4 is 35.7 Å². The van der Waals surface area contributed by atoms with Crippen molar-refractivity contribution in [2.24, 2.45) is 0 Å². The van der Waals surface area contributed by atoms with Crippen LogP contribution in [0.15, 0.2) is 0 Å². The molecule has 0 aromatic rings. The molecule has 0 aliphatic carbocycles. The van der Waals surface area contributed by atoms with Gasteiger partial charge in [0.1, 0.15) is 0 Å². The first kappa shape index (κ1) is 16.2. The third kappa shape index (κ3) is 12.7. The SMILES string of the molecule is COC(CCO)CO[S-](=O)=O.[CH3][BiH+]. The summed E-state index contributed by atoms with van der Waals surface area (Å²) in [6.07, 6.45) is 0.00569. The average Bonchev–Trinajstić information content (AvgIpc) is 2.15. The molecule has 0 amide bonds. The fraction of sp³-hybridized carbons (Fsp3) is 1.00. The number of hydrogen-bond acceptors (Lipinski definition) is 6. The van der Waals surface area contributed by atoms with Gasteiger partial charge >= 0.3 is 29.4 Å². The van der Waals surface area contributed by atoms with Crippen LogP contribution >= 0.6 is 0 Å². The Morgan fingerprint density at radius 1 is 1.46 bits per heavy atom. The van der Waals surface area contributed by atoms with E-state index in [-0.39, 0.29) is 19.3 Å². The summed E-state index contributed by atoms with van der Waals surface area (Å²) >= 11 is 1.31. The molecule has 0 aliphatic heterocycles. The normalized spacial score (nSPS) is 12.1. The summed E-state index contributed by atoms with van der Waals surface area (Å²) in [5.74, 6) is 0. The minimum atomic E-state index is -2.50. The number of ether oxygens (including phenoxy) is 1. The predicted molar refractivity (Wildman–Crippen MR) is 50.2 cm³/mol. The van der Waals surface area contributed by atoms with E-state index < -0.39 is 11.0 Å². The molecule has 0 saturated heterocycles. The van der Waals surface area contributed by atoms with E-state index in [1.807, 2.05) is 0 Å². The van der Waals surface area contributed by atoms with Crippen molar-refractivity contribution in [2.75, 3.05) is 20.3 Å². The van der Waals surface area contributed by atoms with E-state index in [9.17, 15) is 8.42 Å². The Morgan fingerprint density at radius 2 is 2.00 bits per heavy atom. The summed E-state index contributed by atoms with van der Waals surface area (Å²) in [5, 5.41) is 8.44. The molecule has 0 spiro atoms. The van der Waals surface area contributed by atoms with Crippen molar-refractivity contribution in [1.29, 1.82) is 0 Å². The van der Waals surface area contributed by atoms with Crippen LogP contribution in [0.25, 0.3) is 0 Å². The Morgan fingerprint density at radius 3 is 2.31 bits per heavy atom. The van der Waals surface area contributed by atoms with E-state index in [0.717, 1.165) is 0 Å². The zero-order valence-corrected chi connectivity index (χ0v) is 12.4. The van der Waals surface area contributed by atoms with E-state index in [1.54, 1.807) is 0 Å². The van der Waals surface area contributed by atoms with Gasteiger partial charge in [0, 0.05) is 13.7 Å². The van der Waals surface area contributed by atoms with Crippen LogP contribution in [0.2, 0.25) is 4.63 Å². The Hall–Kier alpha value is 0.713. The molecular formula is C6H15BiO5S. The number of hydrogen-bond donors (Lipinski definition) is 1. The maximum atomic E-state index is 9.88. The molecule has 0 aromatic heterocycles. The molecule has 0 aromatic carbocycles. The molecule has 0 aliphatic rings. The van der Waals surface area contributed by atoms with Gasteiger partial charge in [0.2, 0.25) is 0 Å². The second-order valence-corrected chi connectivity index (χ2v) is 2.50. The fourth-order valence-electron chi connectivity index (χ4n) is 0.545. The fourth-order valence-corrected chi connectivity index (χ4v) is 0.808. The first-order valence-corrected chi connectivity index (χ1v) is 8.45. The number of aliphatic hydroxyl groups is 1. The van der Waals surface area contributed by atoms with Crippen LogP contribution in [0.3, 0.4) is 0 Å². The average molecular weight is 408 g/mol. The molecule has 7 heteroatoms. The number of methoxy groups -OCH3 is 1. The molecule has 0 bridgehead atoms. The van der Waals surface area contributed by atoms with E-state index in [1.165, 1.54) is 31.8 Å². The van der Waals surface area contributed by atoms with Gasteiger partial charge in [-0.3, -0.25) is 0 Å². The van der Waals surface area contributed by atoms with Gasteiger partial charge in [0.25, 0.3) is 0 Å². The van der Waals surface area contributed by atoms with Crippen molar-refractivity contribution in [3.63, 3.8) is 0 Å². The van der Waals surface area contributed by atoms with Crippen LogP contribution in [0.1, 0.15) is 6.42 Å². The monoisotopic (exact) mass is 408 g/mol. The van der Waals surface area contributed by atoms with Crippen LogP contribution in [0.4, 0.5) is 0 Å². The van der Waals surface area contributed by atoms with E-state index >= 15 is 0 Å². The van der Waals surface area contributed by atoms with Gasteiger partial charge in [-0.05, 0) is 6.42 Å². The van der Waals surface area contributed by atoms with Gasteiger partial charge in [-0.1, -0.05) is 0 Å². The topological polar surface area (TPSA) is 72.8 Å². The molecule has 0 fully saturated rings. The van der Waals surface area contributed by atoms with E-state index in [4.69, 9.17) is 9.84 Å². The van der Waals surface area contributed by atoms with Crippen molar-refractivity contribution in [1.82, 2.24) is 0 Å². The van der Waals surface area contributed by atoms with Crippen LogP contribution in [-0.4, -0.2) is 56.3 Å². The molecule has 1 unspecified atom stereocenters. The molecule has 0 rings (SSSR count). The zero-order valence-electron chi connectivity index (χ0n) is 7.69. The third-order valence-corrected chi connectivity index (χ3v) is 1.46. The second kappa shape index (κ2) is 12.7. The van der Waals surface area contributed by atoms with Crippen LogP contribution in [0.5, 0.6) is 0 Å². The van der Waals surface area contributed by atoms with Gasteiger partial charge in [-0.2, -0.15) is 0 Å². The molecule has 80 valence electrons. The molecule has 13 heavy (non-hydrogen) atoms. The maximum absolute atomic E-state index is 9.88. The van der Waals surface area contributed by atoms with Crippen molar-refractivity contribution in [3.05, 3.63) is 0 Å². The molecule has 1 atom stereocenters. The van der Waals surface area contributed by atoms with E-state index in [0.29, 0.717) is 6.42 Å². The Balaban J connectivity index is 0. The summed E-state index contributed by atoms with van der Waals surface area (Å²) in [6, 6.07) is 0. The zero-order chi connectivity index (χ0) is 10.7. The standard InChI is InChI=1S/C5H11O5S.CH3.Bi.H/c1-9-5(2-3-6)4-10-11(7)8;;;/h5-6H,2-4H2,1H3;1H3;;/q-1;;+1;. The van der Waals surface area contributed by atoms with Gasteiger partial charge in [-0.25, -0.2) is 0 Å². The van der Waals surface area contributed by atoms with Crippen molar-refractivity contribution in [2.45, 2.75) is 17.2 Å². The molecule has 0 saturated carbocycles. The summed E-state index contributed by atoms with van der Waals surface area (Å²) in [7, 11) is -1.07. The minimum absolute atomic E-state index is 0.0483. The number of rotatable bonds is 6. The van der Waals surface area contributed by atoms with Crippen molar-refractivity contribution in [3.8, 4) is 0 Å². The Kier molecular flexibility index (Phi) is 15.8. The predicted octanol–water partition coefficient (Wildman–Crippen LogP) is -0.440. The van der Waals surface area contributed by atoms with E-state index in [2.05, 4.69) is 8.81 Å². The molecular weight excluding hydrogens is 393 g/mol.